The number of carbonyl (C=O) groups is 3. The quantitative estimate of drug-likeness (QED) is 0.141. The van der Waals surface area contributed by atoms with Crippen LogP contribution in [0.15, 0.2) is 142 Å². The highest BCUT2D eigenvalue weighted by atomic mass is 16.6. The number of amides is 3. The summed E-state index contributed by atoms with van der Waals surface area (Å²) in [5.74, 6) is 2.26. The van der Waals surface area contributed by atoms with Crippen LogP contribution >= 0.6 is 0 Å². The first-order valence-corrected chi connectivity index (χ1v) is 30.4. The van der Waals surface area contributed by atoms with Crippen molar-refractivity contribution in [1.82, 2.24) is 14.7 Å². The number of hydrogen-bond acceptors (Lipinski definition) is 14. The van der Waals surface area contributed by atoms with E-state index in [4.69, 9.17) is 65.6 Å². The number of carbonyl (C=O) groups excluding carboxylic acids is 3. The molecule has 2 saturated heterocycles. The van der Waals surface area contributed by atoms with Crippen LogP contribution in [0.2, 0.25) is 0 Å². The molecule has 0 aromatic heterocycles. The molecule has 20 heteroatoms. The van der Waals surface area contributed by atoms with Gasteiger partial charge in [0.2, 0.25) is 0 Å². The molecule has 20 nitrogen and oxygen atoms in total. The zero-order valence-corrected chi connectivity index (χ0v) is 50.5. The van der Waals surface area contributed by atoms with Crippen molar-refractivity contribution >= 4 is 52.7 Å². The molecule has 1 aliphatic carbocycles. The van der Waals surface area contributed by atoms with E-state index in [-0.39, 0.29) is 41.2 Å². The molecule has 8 aliphatic heterocycles. The standard InChI is InChI=1S/C24H24N4O2.2C23H22N4O3/c1-26-18-8-6-7-16(13-18)17-9-10-20-19(14-17)24(21(29)28(2)22(25)27-24)15-23(30-20)11-4-3-5-12-23;2*1-25-17-6-3-5-15(11-17)16-7-8-19-18(12-16)23(20(28)27(2)21(24)26-23)13-22(30-19)9-4-10-29-14-22/h6-10,13-14H,3-5,11-12,15H2,2H3,(H2,25,27);2*3,5-8,11-12H,4,9-10,13-14H2,2H3,(H2,24,26)/t;22-,23+;/m.1./s1. The van der Waals surface area contributed by atoms with Crippen LogP contribution in [0.3, 0.4) is 0 Å². The lowest BCUT2D eigenvalue weighted by Crippen LogP contribution is -2.55. The molecule has 6 N–H and O–H groups in total. The Hall–Kier alpha value is -10.1. The highest BCUT2D eigenvalue weighted by Crippen LogP contribution is 2.56. The zero-order chi connectivity index (χ0) is 62.8. The van der Waals surface area contributed by atoms with E-state index < -0.39 is 27.8 Å². The van der Waals surface area contributed by atoms with Gasteiger partial charge in [0.25, 0.3) is 17.7 Å². The maximum absolute atomic E-state index is 13.5. The number of rotatable bonds is 3. The largest absolute Gasteiger partial charge is 0.487 e. The molecule has 9 aliphatic rings. The van der Waals surface area contributed by atoms with E-state index in [0.717, 1.165) is 90.3 Å². The van der Waals surface area contributed by atoms with Crippen LogP contribution in [-0.4, -0.2) is 115 Å². The van der Waals surface area contributed by atoms with Crippen molar-refractivity contribution in [2.24, 2.45) is 32.2 Å². The van der Waals surface area contributed by atoms with E-state index in [0.29, 0.717) is 91.1 Å². The Bertz CT molecular complexity index is 3760. The Kier molecular flexibility index (Phi) is 14.7. The second-order valence-corrected chi connectivity index (χ2v) is 25.0. The Morgan fingerprint density at radius 1 is 0.411 bits per heavy atom. The average Bonchev–Trinajstić information content (AvgIpc) is 1.43. The lowest BCUT2D eigenvalue weighted by atomic mass is 9.70. The molecule has 3 amide bonds. The van der Waals surface area contributed by atoms with Crippen LogP contribution in [-0.2, 0) is 40.5 Å². The molecule has 15 rings (SSSR count). The Labute approximate surface area is 522 Å². The van der Waals surface area contributed by atoms with Crippen molar-refractivity contribution in [3.8, 4) is 50.6 Å². The van der Waals surface area contributed by atoms with Gasteiger partial charge < -0.3 is 40.9 Å². The molecular formula is C70H68N12O8. The molecule has 90 heavy (non-hydrogen) atoms. The minimum Gasteiger partial charge on any atom is -0.487 e. The molecule has 3 fully saturated rings. The maximum Gasteiger partial charge on any atom is 0.261 e. The van der Waals surface area contributed by atoms with Crippen LogP contribution in [0.5, 0.6) is 17.2 Å². The summed E-state index contributed by atoms with van der Waals surface area (Å²) in [7, 11) is 4.98. The monoisotopic (exact) mass is 1200 g/mol. The van der Waals surface area contributed by atoms with Gasteiger partial charge in [0, 0.05) is 70.3 Å². The molecule has 6 spiro atoms. The second-order valence-electron chi connectivity index (χ2n) is 25.0. The fourth-order valence-corrected chi connectivity index (χ4v) is 14.7. The van der Waals surface area contributed by atoms with Crippen LogP contribution in [0.1, 0.15) is 93.7 Å². The van der Waals surface area contributed by atoms with Crippen molar-refractivity contribution in [1.29, 1.82) is 0 Å². The van der Waals surface area contributed by atoms with E-state index in [9.17, 15) is 14.4 Å². The predicted molar refractivity (Wildman–Crippen MR) is 340 cm³/mol. The SMILES string of the molecule is [C-]#[N+]c1cccc(-c2ccc3c(c2)C2(CC4(CCCCC4)O3)N=C(N)N(C)C2=O)c1.[C-]#[N+]c1cccc(-c2ccc3c(c2)C2(CC4(CCCOC4)O3)N=C(N)N(C)C2=O)c1.[C-]#[N+]c1cccc(-c2ccc3c(c2)[C@]2(C[C@@]4(CCCOC4)O3)N=C(N)N(C)C2=O)c1. The molecule has 1 saturated carbocycles. The number of aliphatic imine (C=N–C) groups is 3. The summed E-state index contributed by atoms with van der Waals surface area (Å²) in [5.41, 5.74) is 22.8. The van der Waals surface area contributed by atoms with Crippen LogP contribution < -0.4 is 31.4 Å². The molecule has 3 unspecified atom stereocenters. The van der Waals surface area contributed by atoms with Crippen molar-refractivity contribution in [3.05, 3.63) is 178 Å². The van der Waals surface area contributed by atoms with Crippen LogP contribution in [0, 0.1) is 19.7 Å². The third-order valence-corrected chi connectivity index (χ3v) is 19.2. The summed E-state index contributed by atoms with van der Waals surface area (Å²) < 4.78 is 30.9. The van der Waals surface area contributed by atoms with Crippen LogP contribution in [0.4, 0.5) is 17.1 Å². The molecule has 6 aromatic carbocycles. The van der Waals surface area contributed by atoms with E-state index in [2.05, 4.69) is 24.5 Å². The molecule has 8 heterocycles. The highest BCUT2D eigenvalue weighted by molar-refractivity contribution is 6.09. The molecule has 5 atom stereocenters. The molecule has 456 valence electrons. The van der Waals surface area contributed by atoms with Crippen molar-refractivity contribution in [2.75, 3.05) is 47.6 Å². The number of likely N-dealkylation sites (N-methyl/N-ethyl adjacent to an activating group) is 3. The van der Waals surface area contributed by atoms with Crippen molar-refractivity contribution < 1.29 is 38.1 Å². The van der Waals surface area contributed by atoms with Gasteiger partial charge in [-0.25, -0.2) is 29.5 Å². The predicted octanol–water partition coefficient (Wildman–Crippen LogP) is 10.8. The molecule has 0 radical (unpaired) electrons. The van der Waals surface area contributed by atoms with Gasteiger partial charge in [-0.2, -0.15) is 0 Å². The molecule has 0 bridgehead atoms. The Balaban J connectivity index is 0.000000124. The minimum atomic E-state index is -1.12. The summed E-state index contributed by atoms with van der Waals surface area (Å²) in [6, 6.07) is 39.8. The van der Waals surface area contributed by atoms with Crippen LogP contribution in [0.25, 0.3) is 47.9 Å². The van der Waals surface area contributed by atoms with Gasteiger partial charge in [-0.3, -0.25) is 29.1 Å². The lowest BCUT2D eigenvalue weighted by Gasteiger charge is -2.47. The topological polar surface area (TPSA) is 235 Å². The fourth-order valence-electron chi connectivity index (χ4n) is 14.7. The van der Waals surface area contributed by atoms with Gasteiger partial charge in [-0.1, -0.05) is 79.2 Å². The number of hydrogen-bond donors (Lipinski definition) is 3. The summed E-state index contributed by atoms with van der Waals surface area (Å²) in [6.45, 7) is 24.1. The Morgan fingerprint density at radius 2 is 0.722 bits per heavy atom. The average molecular weight is 1210 g/mol. The normalized spacial score (nSPS) is 26.5. The van der Waals surface area contributed by atoms with E-state index >= 15 is 0 Å². The molecule has 6 aromatic rings. The first kappa shape index (κ1) is 58.9. The summed E-state index contributed by atoms with van der Waals surface area (Å²) >= 11 is 0. The van der Waals surface area contributed by atoms with E-state index in [1.807, 2.05) is 109 Å². The van der Waals surface area contributed by atoms with Gasteiger partial charge in [0.15, 0.2) is 51.6 Å². The van der Waals surface area contributed by atoms with Gasteiger partial charge in [0.1, 0.15) is 34.1 Å². The number of nitrogens with two attached hydrogens (primary N) is 3. The van der Waals surface area contributed by atoms with Gasteiger partial charge in [0.05, 0.1) is 32.9 Å². The smallest absolute Gasteiger partial charge is 0.261 e. The van der Waals surface area contributed by atoms with Gasteiger partial charge in [-0.15, -0.1) is 0 Å². The van der Waals surface area contributed by atoms with E-state index in [1.165, 1.54) is 21.1 Å². The number of benzene rings is 6. The first-order chi connectivity index (χ1) is 43.4. The second kappa shape index (κ2) is 22.5. The third-order valence-electron chi connectivity index (χ3n) is 19.2. The summed E-state index contributed by atoms with van der Waals surface area (Å²) in [4.78, 5) is 69.3. The number of ether oxygens (including phenoxy) is 5. The maximum atomic E-state index is 13.5. The number of nitrogens with zero attached hydrogens (tertiary/aromatic N) is 9. The Morgan fingerprint density at radius 3 is 1.02 bits per heavy atom. The van der Waals surface area contributed by atoms with E-state index in [1.54, 1.807) is 39.3 Å². The third kappa shape index (κ3) is 9.98. The minimum absolute atomic E-state index is 0.0958. The fraction of sp³-hybridized carbons (Fsp3) is 0.357. The highest BCUT2D eigenvalue weighted by Gasteiger charge is 2.61. The zero-order valence-electron chi connectivity index (χ0n) is 50.5. The van der Waals surface area contributed by atoms with Crippen molar-refractivity contribution in [2.45, 2.75) is 110 Å². The summed E-state index contributed by atoms with van der Waals surface area (Å²) in [6.07, 6.45) is 9.88. The number of fused-ring (bicyclic) bond motifs is 6. The molecular weight excluding hydrogens is 1140 g/mol. The van der Waals surface area contributed by atoms with Gasteiger partial charge in [-0.05, 0) is 139 Å². The number of guanidine groups is 3. The first-order valence-electron chi connectivity index (χ1n) is 30.4. The van der Waals surface area contributed by atoms with Crippen molar-refractivity contribution in [3.63, 3.8) is 0 Å². The summed E-state index contributed by atoms with van der Waals surface area (Å²) in [5, 5.41) is 0. The lowest BCUT2D eigenvalue weighted by molar-refractivity contribution is -0.139. The van der Waals surface area contributed by atoms with Gasteiger partial charge >= 0.3 is 0 Å².